The standard InChI is InChI=1S/C16H13S.3ClH.Ti/c17-15-11-5-10-14(12-6-1-2-7-12)16(15)13-8-3-4-9-13;;;;/h1-6,8,10,17H,7,9H2;3*1H;/q-1;;;;+4/p-3. The average molecular weight is 392 g/mol. The molecule has 0 nitrogen and oxygen atoms in total. The van der Waals surface area contributed by atoms with Gasteiger partial charge < -0.3 is 37.2 Å². The van der Waals surface area contributed by atoms with E-state index in [2.05, 4.69) is 61.2 Å². The van der Waals surface area contributed by atoms with E-state index in [4.69, 9.17) is 0 Å². The van der Waals surface area contributed by atoms with Crippen LogP contribution in [0.1, 0.15) is 24.0 Å². The Morgan fingerprint density at radius 1 is 0.905 bits per heavy atom. The number of rotatable bonds is 2. The van der Waals surface area contributed by atoms with Crippen molar-refractivity contribution in [3.8, 4) is 0 Å². The van der Waals surface area contributed by atoms with Gasteiger partial charge in [0.1, 0.15) is 0 Å². The molecule has 1 aromatic rings. The Bertz CT molecular complexity index is 589. The van der Waals surface area contributed by atoms with Gasteiger partial charge in [-0.15, -0.1) is 16.0 Å². The van der Waals surface area contributed by atoms with Gasteiger partial charge in [-0.1, -0.05) is 47.6 Å². The minimum absolute atomic E-state index is 0. The van der Waals surface area contributed by atoms with Crippen LogP contribution >= 0.6 is 12.6 Å². The van der Waals surface area contributed by atoms with Crippen LogP contribution in [0.25, 0.3) is 11.1 Å². The van der Waals surface area contributed by atoms with Gasteiger partial charge in [-0.3, -0.25) is 0 Å². The molecular weight excluding hydrogens is 378 g/mol. The molecule has 5 heteroatoms. The smallest absolute Gasteiger partial charge is 1.00 e. The number of halogens is 3. The van der Waals surface area contributed by atoms with E-state index in [1.807, 2.05) is 6.07 Å². The Hall–Kier alpha value is 0.114. The van der Waals surface area contributed by atoms with E-state index < -0.39 is 0 Å². The van der Waals surface area contributed by atoms with Gasteiger partial charge in [-0.25, -0.2) is 0 Å². The van der Waals surface area contributed by atoms with Crippen LogP contribution in [-0.2, 0) is 21.7 Å². The molecule has 0 saturated heterocycles. The maximum atomic E-state index is 4.56. The summed E-state index contributed by atoms with van der Waals surface area (Å²) in [6.07, 6.45) is 15.0. The van der Waals surface area contributed by atoms with Crippen molar-refractivity contribution in [3.05, 3.63) is 65.8 Å². The molecule has 21 heavy (non-hydrogen) atoms. The normalized spacial score (nSPS) is 14.1. The molecule has 0 N–H and O–H groups in total. The molecule has 0 spiro atoms. The maximum Gasteiger partial charge on any atom is 4.00 e. The van der Waals surface area contributed by atoms with Gasteiger partial charge in [0.05, 0.1) is 0 Å². The third-order valence-electron chi connectivity index (χ3n) is 3.19. The molecule has 108 valence electrons. The monoisotopic (exact) mass is 390 g/mol. The number of benzene rings is 1. The first-order chi connectivity index (χ1) is 8.36. The first-order valence-corrected chi connectivity index (χ1v) is 6.27. The van der Waals surface area contributed by atoms with E-state index in [1.165, 1.54) is 22.3 Å². The van der Waals surface area contributed by atoms with Gasteiger partial charge in [0.2, 0.25) is 0 Å². The summed E-state index contributed by atoms with van der Waals surface area (Å²) in [5.74, 6) is 0. The molecule has 0 fully saturated rings. The molecule has 3 rings (SSSR count). The Labute approximate surface area is 165 Å². The molecule has 0 saturated carbocycles. The fraction of sp³-hybridized carbons (Fsp3) is 0.125. The second kappa shape index (κ2) is 10.8. The number of hydrogen-bond donors (Lipinski definition) is 1. The molecule has 0 aliphatic heterocycles. The van der Waals surface area contributed by atoms with Crippen LogP contribution in [0.2, 0.25) is 0 Å². The Morgan fingerprint density at radius 3 is 2.00 bits per heavy atom. The minimum atomic E-state index is 0. The SMILES string of the molecule is Sc1[c-]ccc(C2=CC=CC2)c1C1=CC=CC1.[Cl-].[Cl-].[Cl-].[Ti+4]. The van der Waals surface area contributed by atoms with Gasteiger partial charge in [0.25, 0.3) is 0 Å². The summed E-state index contributed by atoms with van der Waals surface area (Å²) in [4.78, 5) is 0.949. The Kier molecular flexibility index (Phi) is 12.0. The summed E-state index contributed by atoms with van der Waals surface area (Å²) in [5.41, 5.74) is 5.26. The van der Waals surface area contributed by atoms with E-state index in [0.717, 1.165) is 17.7 Å². The van der Waals surface area contributed by atoms with Crippen molar-refractivity contribution in [2.45, 2.75) is 17.7 Å². The zero-order valence-corrected chi connectivity index (χ0v) is 15.8. The van der Waals surface area contributed by atoms with Gasteiger partial charge in [0, 0.05) is 0 Å². The fourth-order valence-electron chi connectivity index (χ4n) is 2.36. The van der Waals surface area contributed by atoms with Gasteiger partial charge in [0.15, 0.2) is 0 Å². The van der Waals surface area contributed by atoms with Crippen LogP contribution in [0.5, 0.6) is 0 Å². The van der Waals surface area contributed by atoms with Crippen LogP contribution in [0.15, 0.2) is 53.5 Å². The topological polar surface area (TPSA) is 0 Å². The maximum absolute atomic E-state index is 4.56. The van der Waals surface area contributed by atoms with Gasteiger partial charge >= 0.3 is 21.7 Å². The summed E-state index contributed by atoms with van der Waals surface area (Å²) in [6, 6.07) is 7.30. The molecule has 0 heterocycles. The first-order valence-electron chi connectivity index (χ1n) is 5.82. The van der Waals surface area contributed by atoms with E-state index in [0.29, 0.717) is 0 Å². The molecule has 2 aliphatic carbocycles. The van der Waals surface area contributed by atoms with E-state index in [-0.39, 0.29) is 58.9 Å². The van der Waals surface area contributed by atoms with Crippen molar-refractivity contribution in [1.82, 2.24) is 0 Å². The molecule has 0 radical (unpaired) electrons. The van der Waals surface area contributed by atoms with Crippen molar-refractivity contribution in [2.75, 3.05) is 0 Å². The van der Waals surface area contributed by atoms with Crippen molar-refractivity contribution >= 4 is 23.8 Å². The summed E-state index contributed by atoms with van der Waals surface area (Å²) in [5, 5.41) is 0. The third-order valence-corrected chi connectivity index (χ3v) is 3.54. The van der Waals surface area contributed by atoms with Crippen molar-refractivity contribution in [3.63, 3.8) is 0 Å². The van der Waals surface area contributed by atoms with E-state index >= 15 is 0 Å². The molecule has 0 unspecified atom stereocenters. The molecule has 0 amide bonds. The molecule has 1 aromatic carbocycles. The zero-order valence-electron chi connectivity index (χ0n) is 11.1. The van der Waals surface area contributed by atoms with Crippen LogP contribution in [0.3, 0.4) is 0 Å². The molecule has 2 aliphatic rings. The van der Waals surface area contributed by atoms with Crippen molar-refractivity contribution in [1.29, 1.82) is 0 Å². The Balaban J connectivity index is 0. The van der Waals surface area contributed by atoms with E-state index in [9.17, 15) is 0 Å². The predicted octanol–water partition coefficient (Wildman–Crippen LogP) is -4.53. The average Bonchev–Trinajstić information content (AvgIpc) is 3.02. The second-order valence-corrected chi connectivity index (χ2v) is 4.71. The Morgan fingerprint density at radius 2 is 1.48 bits per heavy atom. The van der Waals surface area contributed by atoms with Crippen molar-refractivity contribution < 1.29 is 58.9 Å². The van der Waals surface area contributed by atoms with Crippen LogP contribution < -0.4 is 37.2 Å². The molecule has 0 bridgehead atoms. The minimum Gasteiger partial charge on any atom is -1.00 e. The summed E-state index contributed by atoms with van der Waals surface area (Å²) >= 11 is 4.56. The first kappa shape index (κ1) is 23.4. The molecule has 0 aromatic heterocycles. The summed E-state index contributed by atoms with van der Waals surface area (Å²) < 4.78 is 0. The van der Waals surface area contributed by atoms with Crippen LogP contribution in [-0.4, -0.2) is 0 Å². The number of allylic oxidation sites excluding steroid dienone is 8. The van der Waals surface area contributed by atoms with Crippen LogP contribution in [0.4, 0.5) is 0 Å². The third kappa shape index (κ3) is 5.06. The number of hydrogen-bond acceptors (Lipinski definition) is 1. The predicted molar refractivity (Wildman–Crippen MR) is 76.0 cm³/mol. The zero-order chi connectivity index (χ0) is 11.7. The number of thiol groups is 1. The van der Waals surface area contributed by atoms with Gasteiger partial charge in [-0.05, 0) is 12.8 Å². The summed E-state index contributed by atoms with van der Waals surface area (Å²) in [6.45, 7) is 0. The quantitative estimate of drug-likeness (QED) is 0.293. The largest absolute Gasteiger partial charge is 4.00 e. The molecule has 0 atom stereocenters. The fourth-order valence-corrected chi connectivity index (χ4v) is 2.70. The summed E-state index contributed by atoms with van der Waals surface area (Å²) in [7, 11) is 0. The van der Waals surface area contributed by atoms with Gasteiger partial charge in [-0.2, -0.15) is 30.8 Å². The molecular formula is C16H13Cl3STi. The second-order valence-electron chi connectivity index (χ2n) is 4.26. The van der Waals surface area contributed by atoms with Crippen molar-refractivity contribution in [2.24, 2.45) is 0 Å². The van der Waals surface area contributed by atoms with E-state index in [1.54, 1.807) is 0 Å². The van der Waals surface area contributed by atoms with Crippen LogP contribution in [0, 0.1) is 6.07 Å².